The Bertz CT molecular complexity index is 1270. The Hall–Kier alpha value is -2.48. The summed E-state index contributed by atoms with van der Waals surface area (Å²) in [5.74, 6) is 0.254. The van der Waals surface area contributed by atoms with E-state index in [9.17, 15) is 9.59 Å². The van der Waals surface area contributed by atoms with Crippen LogP contribution in [0.3, 0.4) is 0 Å². The van der Waals surface area contributed by atoms with Crippen LogP contribution in [0.1, 0.15) is 23.2 Å². The highest BCUT2D eigenvalue weighted by Gasteiger charge is 2.22. The maximum absolute atomic E-state index is 13.4. The van der Waals surface area contributed by atoms with Crippen molar-refractivity contribution in [2.45, 2.75) is 30.6 Å². The van der Waals surface area contributed by atoms with Crippen LogP contribution in [-0.2, 0) is 11.3 Å². The molecule has 1 aliphatic heterocycles. The van der Waals surface area contributed by atoms with E-state index in [0.29, 0.717) is 22.0 Å². The number of aromatic nitrogens is 2. The van der Waals surface area contributed by atoms with E-state index in [1.807, 2.05) is 54.6 Å². The van der Waals surface area contributed by atoms with Crippen LogP contribution in [0.15, 0.2) is 64.5 Å². The van der Waals surface area contributed by atoms with E-state index in [1.54, 1.807) is 4.57 Å². The Labute approximate surface area is 181 Å². The van der Waals surface area contributed by atoms with Gasteiger partial charge < -0.3 is 4.74 Å². The number of hydrogen-bond acceptors (Lipinski definition) is 6. The van der Waals surface area contributed by atoms with Gasteiger partial charge in [0.25, 0.3) is 5.56 Å². The molecule has 5 nitrogen and oxygen atoms in total. The van der Waals surface area contributed by atoms with Crippen LogP contribution in [0.4, 0.5) is 0 Å². The molecule has 30 heavy (non-hydrogen) atoms. The average molecular weight is 437 g/mol. The van der Waals surface area contributed by atoms with Crippen LogP contribution in [0.25, 0.3) is 20.3 Å². The van der Waals surface area contributed by atoms with Crippen molar-refractivity contribution in [1.29, 1.82) is 0 Å². The molecule has 0 amide bonds. The zero-order chi connectivity index (χ0) is 20.5. The summed E-state index contributed by atoms with van der Waals surface area (Å²) in [6, 6.07) is 17.2. The van der Waals surface area contributed by atoms with Gasteiger partial charge in [-0.1, -0.05) is 60.3 Å². The molecule has 0 bridgehead atoms. The second kappa shape index (κ2) is 8.34. The predicted octanol–water partition coefficient (Wildman–Crippen LogP) is 4.77. The van der Waals surface area contributed by atoms with Crippen LogP contribution < -0.4 is 5.56 Å². The van der Waals surface area contributed by atoms with E-state index in [1.165, 1.54) is 23.1 Å². The molecule has 2 aromatic heterocycles. The maximum atomic E-state index is 13.4. The Balaban J connectivity index is 1.55. The lowest BCUT2D eigenvalue weighted by molar-refractivity contribution is 0.0938. The number of rotatable bonds is 6. The average Bonchev–Trinajstić information content (AvgIpc) is 3.43. The third kappa shape index (κ3) is 3.69. The molecule has 3 heterocycles. The first kappa shape index (κ1) is 19.5. The summed E-state index contributed by atoms with van der Waals surface area (Å²) >= 11 is 2.80. The number of benzene rings is 2. The molecule has 7 heteroatoms. The lowest BCUT2D eigenvalue weighted by Crippen LogP contribution is -2.28. The molecular formula is C23H20N2O3S2. The predicted molar refractivity (Wildman–Crippen MR) is 122 cm³/mol. The monoisotopic (exact) mass is 436 g/mol. The molecule has 0 saturated carbocycles. The number of carbonyl (C=O) groups excluding carboxylic acids is 1. The smallest absolute Gasteiger partial charge is 0.272 e. The number of Topliss-reactive ketones (excluding diaryl/α,β-unsaturated/α-hetero) is 1. The van der Waals surface area contributed by atoms with Crippen molar-refractivity contribution in [3.63, 3.8) is 0 Å². The summed E-state index contributed by atoms with van der Waals surface area (Å²) in [6.45, 7) is 1.20. The number of carbonyl (C=O) groups is 1. The Kier molecular flexibility index (Phi) is 5.41. The van der Waals surface area contributed by atoms with Crippen molar-refractivity contribution in [3.05, 3.63) is 70.5 Å². The first-order valence-electron chi connectivity index (χ1n) is 9.95. The number of thiophene rings is 1. The molecule has 0 spiro atoms. The van der Waals surface area contributed by atoms with Gasteiger partial charge in [0, 0.05) is 22.3 Å². The normalized spacial score (nSPS) is 16.5. The van der Waals surface area contributed by atoms with Gasteiger partial charge in [-0.2, -0.15) is 0 Å². The SMILES string of the molecule is O=C(CSc1nc2c(sc3ccccc32)c(=O)n1C[C@@H]1CCCO1)c1ccccc1. The first-order chi connectivity index (χ1) is 14.7. The Morgan fingerprint density at radius 2 is 1.97 bits per heavy atom. The summed E-state index contributed by atoms with van der Waals surface area (Å²) < 4.78 is 9.18. The number of thioether (sulfide) groups is 1. The highest BCUT2D eigenvalue weighted by molar-refractivity contribution is 7.99. The maximum Gasteiger partial charge on any atom is 0.272 e. The minimum absolute atomic E-state index is 0.0144. The summed E-state index contributed by atoms with van der Waals surface area (Å²) in [6.07, 6.45) is 1.96. The van der Waals surface area contributed by atoms with Gasteiger partial charge in [0.15, 0.2) is 10.9 Å². The molecule has 1 fully saturated rings. The molecule has 4 aromatic rings. The van der Waals surface area contributed by atoms with Crippen molar-refractivity contribution in [3.8, 4) is 0 Å². The van der Waals surface area contributed by atoms with Gasteiger partial charge >= 0.3 is 0 Å². The standard InChI is InChI=1S/C23H20N2O3S2/c26-18(15-7-2-1-3-8-15)14-29-23-24-20-17-10-4-5-11-19(17)30-21(20)22(27)25(23)13-16-9-6-12-28-16/h1-5,7-8,10-11,16H,6,9,12-14H2/t16-/m0/s1. The van der Waals surface area contributed by atoms with Gasteiger partial charge in [-0.3, -0.25) is 14.2 Å². The molecule has 1 aliphatic rings. The minimum Gasteiger partial charge on any atom is -0.376 e. The van der Waals surface area contributed by atoms with E-state index in [2.05, 4.69) is 0 Å². The zero-order valence-electron chi connectivity index (χ0n) is 16.2. The van der Waals surface area contributed by atoms with Gasteiger partial charge in [0.1, 0.15) is 4.70 Å². The molecule has 0 radical (unpaired) electrons. The third-order valence-electron chi connectivity index (χ3n) is 5.29. The van der Waals surface area contributed by atoms with E-state index in [0.717, 1.165) is 35.1 Å². The number of fused-ring (bicyclic) bond motifs is 3. The van der Waals surface area contributed by atoms with E-state index < -0.39 is 0 Å². The topological polar surface area (TPSA) is 61.2 Å². The molecule has 2 aromatic carbocycles. The van der Waals surface area contributed by atoms with Crippen LogP contribution in [0, 0.1) is 0 Å². The second-order valence-electron chi connectivity index (χ2n) is 7.30. The van der Waals surface area contributed by atoms with Crippen LogP contribution >= 0.6 is 23.1 Å². The highest BCUT2D eigenvalue weighted by Crippen LogP contribution is 2.32. The Morgan fingerprint density at radius 3 is 2.77 bits per heavy atom. The Morgan fingerprint density at radius 1 is 1.17 bits per heavy atom. The fourth-order valence-corrected chi connectivity index (χ4v) is 5.74. The number of nitrogens with zero attached hydrogens (tertiary/aromatic N) is 2. The largest absolute Gasteiger partial charge is 0.376 e. The molecule has 5 rings (SSSR count). The lowest BCUT2D eigenvalue weighted by Gasteiger charge is -2.15. The van der Waals surface area contributed by atoms with E-state index in [-0.39, 0.29) is 23.2 Å². The minimum atomic E-state index is -0.0497. The summed E-state index contributed by atoms with van der Waals surface area (Å²) in [4.78, 5) is 30.9. The van der Waals surface area contributed by atoms with Gasteiger partial charge in [0.2, 0.25) is 0 Å². The highest BCUT2D eigenvalue weighted by atomic mass is 32.2. The van der Waals surface area contributed by atoms with Gasteiger partial charge in [-0.15, -0.1) is 11.3 Å². The number of hydrogen-bond donors (Lipinski definition) is 0. The molecule has 0 aliphatic carbocycles. The third-order valence-corrected chi connectivity index (χ3v) is 7.41. The molecular weight excluding hydrogens is 416 g/mol. The second-order valence-corrected chi connectivity index (χ2v) is 9.29. The van der Waals surface area contributed by atoms with Gasteiger partial charge in [0.05, 0.1) is 23.9 Å². The molecule has 0 N–H and O–H groups in total. The first-order valence-corrected chi connectivity index (χ1v) is 11.8. The number of ketones is 1. The molecule has 0 unspecified atom stereocenters. The van der Waals surface area contributed by atoms with Gasteiger partial charge in [-0.05, 0) is 18.9 Å². The van der Waals surface area contributed by atoms with Crippen molar-refractivity contribution < 1.29 is 9.53 Å². The van der Waals surface area contributed by atoms with Crippen molar-refractivity contribution >= 4 is 49.2 Å². The zero-order valence-corrected chi connectivity index (χ0v) is 17.9. The molecule has 1 atom stereocenters. The van der Waals surface area contributed by atoms with Crippen LogP contribution in [0.5, 0.6) is 0 Å². The van der Waals surface area contributed by atoms with Crippen molar-refractivity contribution in [2.24, 2.45) is 0 Å². The van der Waals surface area contributed by atoms with Crippen LogP contribution in [0.2, 0.25) is 0 Å². The fraction of sp³-hybridized carbons (Fsp3) is 0.261. The molecule has 1 saturated heterocycles. The van der Waals surface area contributed by atoms with E-state index >= 15 is 0 Å². The summed E-state index contributed by atoms with van der Waals surface area (Å²) in [5.41, 5.74) is 1.34. The number of ether oxygens (including phenoxy) is 1. The van der Waals surface area contributed by atoms with Crippen molar-refractivity contribution in [1.82, 2.24) is 9.55 Å². The lowest BCUT2D eigenvalue weighted by atomic mass is 10.2. The summed E-state index contributed by atoms with van der Waals surface area (Å²) in [7, 11) is 0. The fourth-order valence-electron chi connectivity index (χ4n) is 3.75. The van der Waals surface area contributed by atoms with Crippen molar-refractivity contribution in [2.75, 3.05) is 12.4 Å². The van der Waals surface area contributed by atoms with Crippen LogP contribution in [-0.4, -0.2) is 33.8 Å². The van der Waals surface area contributed by atoms with Gasteiger partial charge in [-0.25, -0.2) is 4.98 Å². The quantitative estimate of drug-likeness (QED) is 0.248. The summed E-state index contributed by atoms with van der Waals surface area (Å²) in [5, 5.41) is 1.56. The molecule has 152 valence electrons. The van der Waals surface area contributed by atoms with E-state index in [4.69, 9.17) is 9.72 Å².